The number of aromatic nitrogens is 1. The molecule has 2 aliphatic heterocycles. The van der Waals surface area contributed by atoms with Gasteiger partial charge >= 0.3 is 0 Å². The molecule has 206 valence electrons. The lowest BCUT2D eigenvalue weighted by Crippen LogP contribution is -2.55. The van der Waals surface area contributed by atoms with Crippen LogP contribution in [0.15, 0.2) is 66.7 Å². The Labute approximate surface area is 230 Å². The number of nitrogens with zero attached hydrogens (tertiary/aromatic N) is 2. The highest BCUT2D eigenvalue weighted by atomic mass is 19.1. The molecule has 3 heterocycles. The molecule has 3 aromatic carbocycles. The van der Waals surface area contributed by atoms with E-state index in [1.165, 1.54) is 36.4 Å². The van der Waals surface area contributed by atoms with Gasteiger partial charge in [-0.05, 0) is 66.9 Å². The highest BCUT2D eigenvalue weighted by molar-refractivity contribution is 5.96. The van der Waals surface area contributed by atoms with Gasteiger partial charge in [-0.2, -0.15) is 0 Å². The lowest BCUT2D eigenvalue weighted by molar-refractivity contribution is 0.0325. The topological polar surface area (TPSA) is 85.9 Å². The summed E-state index contributed by atoms with van der Waals surface area (Å²) in [5.41, 5.74) is 2.53. The number of aromatic amines is 1. The van der Waals surface area contributed by atoms with Crippen molar-refractivity contribution < 1.29 is 28.2 Å². The maximum Gasteiger partial charge on any atom is 0.254 e. The Balaban J connectivity index is 1.41. The number of hydrogen-bond acceptors (Lipinski definition) is 4. The highest BCUT2D eigenvalue weighted by Crippen LogP contribution is 2.49. The molecule has 0 aliphatic carbocycles. The van der Waals surface area contributed by atoms with E-state index in [4.69, 9.17) is 4.74 Å². The molecule has 2 aliphatic rings. The van der Waals surface area contributed by atoms with Gasteiger partial charge in [0.2, 0.25) is 0 Å². The number of aliphatic hydroxyl groups is 1. The van der Waals surface area contributed by atoms with Crippen molar-refractivity contribution in [1.82, 2.24) is 14.8 Å². The van der Waals surface area contributed by atoms with Gasteiger partial charge in [-0.25, -0.2) is 8.78 Å². The molecule has 2 N–H and O–H groups in total. The van der Waals surface area contributed by atoms with Gasteiger partial charge in [-0.3, -0.25) is 9.59 Å². The number of aliphatic hydroxyl groups excluding tert-OH is 1. The van der Waals surface area contributed by atoms with Crippen LogP contribution in [0.4, 0.5) is 8.78 Å². The Hall–Kier alpha value is -4.24. The molecule has 1 atom stereocenters. The first-order chi connectivity index (χ1) is 19.3. The standard InChI is InChI=1S/C31H29F2N3O4/c1-40-23-8-9-24-25(16-23)34-28-26(17-37)36(30(39)20-5-3-7-22(33)15-20)18-31(27(24)28)10-12-35(13-11-31)29(38)19-4-2-6-21(32)14-19/h2-9,14-16,26,34,37H,10-13,17-18H2,1H3/t26-/m1/s1. The number of carbonyl (C=O) groups excluding carboxylic acids is 2. The van der Waals surface area contributed by atoms with E-state index in [-0.39, 0.29) is 24.0 Å². The van der Waals surface area contributed by atoms with Gasteiger partial charge in [0.25, 0.3) is 11.8 Å². The van der Waals surface area contributed by atoms with E-state index in [1.807, 2.05) is 18.2 Å². The van der Waals surface area contributed by atoms with Gasteiger partial charge in [0.05, 0.1) is 19.8 Å². The molecule has 9 heteroatoms. The average Bonchev–Trinajstić information content (AvgIpc) is 3.36. The molecular formula is C31H29F2N3O4. The summed E-state index contributed by atoms with van der Waals surface area (Å²) < 4.78 is 33.3. The zero-order chi connectivity index (χ0) is 28.0. The number of amides is 2. The SMILES string of the molecule is COc1ccc2c3c([nH]c2c1)[C@@H](CO)N(C(=O)c1cccc(F)c1)CC31CCN(C(=O)c2cccc(F)c2)CC1. The Morgan fingerprint density at radius 3 is 2.23 bits per heavy atom. The highest BCUT2D eigenvalue weighted by Gasteiger charge is 2.49. The molecule has 40 heavy (non-hydrogen) atoms. The van der Waals surface area contributed by atoms with Crippen molar-refractivity contribution in [3.05, 3.63) is 101 Å². The van der Waals surface area contributed by atoms with Crippen molar-refractivity contribution in [2.45, 2.75) is 24.3 Å². The van der Waals surface area contributed by atoms with E-state index in [9.17, 15) is 23.5 Å². The lowest BCUT2D eigenvalue weighted by atomic mass is 9.68. The molecule has 1 saturated heterocycles. The molecule has 6 rings (SSSR count). The molecule has 2 amide bonds. The fraction of sp³-hybridized carbons (Fsp3) is 0.290. The molecule has 0 saturated carbocycles. The third-order valence-corrected chi connectivity index (χ3v) is 8.33. The number of fused-ring (bicyclic) bond motifs is 4. The number of likely N-dealkylation sites (tertiary alicyclic amines) is 1. The van der Waals surface area contributed by atoms with Crippen LogP contribution in [0.25, 0.3) is 10.9 Å². The van der Waals surface area contributed by atoms with Crippen LogP contribution < -0.4 is 4.74 Å². The summed E-state index contributed by atoms with van der Waals surface area (Å²) in [7, 11) is 1.59. The minimum absolute atomic E-state index is 0.202. The van der Waals surface area contributed by atoms with E-state index in [1.54, 1.807) is 29.0 Å². The minimum Gasteiger partial charge on any atom is -0.497 e. The fourth-order valence-corrected chi connectivity index (χ4v) is 6.36. The number of nitrogens with one attached hydrogen (secondary N) is 1. The first kappa shape index (κ1) is 26.0. The summed E-state index contributed by atoms with van der Waals surface area (Å²) in [5, 5.41) is 11.5. The van der Waals surface area contributed by atoms with Crippen LogP contribution in [0.3, 0.4) is 0 Å². The number of methoxy groups -OCH3 is 1. The predicted molar refractivity (Wildman–Crippen MR) is 145 cm³/mol. The Bertz CT molecular complexity index is 1610. The van der Waals surface area contributed by atoms with Crippen molar-refractivity contribution in [3.63, 3.8) is 0 Å². The third-order valence-electron chi connectivity index (χ3n) is 8.33. The smallest absolute Gasteiger partial charge is 0.254 e. The number of benzene rings is 3. The van der Waals surface area contributed by atoms with E-state index in [0.717, 1.165) is 22.2 Å². The van der Waals surface area contributed by atoms with Crippen molar-refractivity contribution in [2.24, 2.45) is 0 Å². The Kier molecular flexibility index (Phi) is 6.54. The number of rotatable bonds is 4. The largest absolute Gasteiger partial charge is 0.497 e. The predicted octanol–water partition coefficient (Wildman–Crippen LogP) is 4.82. The van der Waals surface area contributed by atoms with Crippen LogP contribution in [0.5, 0.6) is 5.75 Å². The fourth-order valence-electron chi connectivity index (χ4n) is 6.36. The number of halogens is 2. The molecule has 4 aromatic rings. The average molecular weight is 546 g/mol. The van der Waals surface area contributed by atoms with Crippen molar-refractivity contribution in [1.29, 1.82) is 0 Å². The summed E-state index contributed by atoms with van der Waals surface area (Å²) in [5.74, 6) is -0.926. The number of hydrogen-bond donors (Lipinski definition) is 2. The van der Waals surface area contributed by atoms with Crippen molar-refractivity contribution >= 4 is 22.7 Å². The van der Waals surface area contributed by atoms with E-state index >= 15 is 0 Å². The molecule has 0 radical (unpaired) electrons. The quantitative estimate of drug-likeness (QED) is 0.385. The monoisotopic (exact) mass is 545 g/mol. The van der Waals surface area contributed by atoms with Crippen LogP contribution in [0.1, 0.15) is 50.9 Å². The van der Waals surface area contributed by atoms with Crippen molar-refractivity contribution in [2.75, 3.05) is 33.4 Å². The maximum atomic E-state index is 14.1. The number of H-pyrrole nitrogens is 1. The van der Waals surface area contributed by atoms with Crippen LogP contribution in [0.2, 0.25) is 0 Å². The molecule has 1 aromatic heterocycles. The van der Waals surface area contributed by atoms with Crippen LogP contribution >= 0.6 is 0 Å². The summed E-state index contributed by atoms with van der Waals surface area (Å²) in [4.78, 5) is 33.8. The van der Waals surface area contributed by atoms with Gasteiger partial charge < -0.3 is 24.6 Å². The van der Waals surface area contributed by atoms with Crippen LogP contribution in [-0.2, 0) is 5.41 Å². The second kappa shape index (κ2) is 10.1. The minimum atomic E-state index is -0.665. The second-order valence-electron chi connectivity index (χ2n) is 10.5. The van der Waals surface area contributed by atoms with Crippen LogP contribution in [0, 0.1) is 11.6 Å². The normalized spacial score (nSPS) is 18.1. The molecule has 7 nitrogen and oxygen atoms in total. The molecular weight excluding hydrogens is 516 g/mol. The Morgan fingerprint density at radius 2 is 1.62 bits per heavy atom. The van der Waals surface area contributed by atoms with Gasteiger partial charge in [0, 0.05) is 58.8 Å². The van der Waals surface area contributed by atoms with Gasteiger partial charge in [0.15, 0.2) is 0 Å². The van der Waals surface area contributed by atoms with E-state index in [0.29, 0.717) is 43.8 Å². The zero-order valence-corrected chi connectivity index (χ0v) is 22.0. The number of carbonyl (C=O) groups is 2. The summed E-state index contributed by atoms with van der Waals surface area (Å²) in [6.07, 6.45) is 1.09. The lowest BCUT2D eigenvalue weighted by Gasteiger charge is -2.50. The number of ether oxygens (including phenoxy) is 1. The number of piperidine rings is 1. The molecule has 0 bridgehead atoms. The van der Waals surface area contributed by atoms with Gasteiger partial charge in [-0.15, -0.1) is 0 Å². The van der Waals surface area contributed by atoms with Crippen LogP contribution in [-0.4, -0.2) is 65.1 Å². The first-order valence-electron chi connectivity index (χ1n) is 13.3. The summed E-state index contributed by atoms with van der Waals surface area (Å²) in [6, 6.07) is 16.3. The van der Waals surface area contributed by atoms with Gasteiger partial charge in [0.1, 0.15) is 17.4 Å². The summed E-state index contributed by atoms with van der Waals surface area (Å²) in [6.45, 7) is 0.784. The van der Waals surface area contributed by atoms with Crippen molar-refractivity contribution in [3.8, 4) is 5.75 Å². The Morgan fingerprint density at radius 1 is 0.975 bits per heavy atom. The third kappa shape index (κ3) is 4.30. The van der Waals surface area contributed by atoms with E-state index < -0.39 is 23.1 Å². The summed E-state index contributed by atoms with van der Waals surface area (Å²) >= 11 is 0. The molecule has 0 unspecified atom stereocenters. The first-order valence-corrected chi connectivity index (χ1v) is 13.3. The van der Waals surface area contributed by atoms with E-state index in [2.05, 4.69) is 4.98 Å². The second-order valence-corrected chi connectivity index (χ2v) is 10.5. The zero-order valence-electron chi connectivity index (χ0n) is 22.0. The maximum absolute atomic E-state index is 14.1. The molecule has 1 spiro atoms. The molecule has 1 fully saturated rings. The van der Waals surface area contributed by atoms with Gasteiger partial charge in [-0.1, -0.05) is 12.1 Å².